The molecule has 5 N–H and O–H groups in total. The van der Waals surface area contributed by atoms with E-state index in [0.717, 1.165) is 20.3 Å². The second-order valence-electron chi connectivity index (χ2n) is 15.2. The highest BCUT2D eigenvalue weighted by Crippen LogP contribution is 2.57. The first kappa shape index (κ1) is 43.4. The minimum Gasteiger partial charge on any atom is -0.506 e. The van der Waals surface area contributed by atoms with Crippen LogP contribution in [0, 0.1) is 12.8 Å². The number of phenolic OH excluding ortho intramolecular Hbond substituents is 1. The fourth-order valence-corrected chi connectivity index (χ4v) is 8.97. The molecule has 0 spiro atoms. The third-order valence-corrected chi connectivity index (χ3v) is 11.9. The number of benzene rings is 3. The van der Waals surface area contributed by atoms with Gasteiger partial charge in [0.2, 0.25) is 17.3 Å². The monoisotopic (exact) mass is 845 g/mol. The zero-order chi connectivity index (χ0) is 44.3. The largest absolute Gasteiger partial charge is 0.506 e. The average molecular weight is 846 g/mol. The van der Waals surface area contributed by atoms with Gasteiger partial charge in [-0.05, 0) is 36.6 Å². The number of methoxy groups -OCH3 is 3. The van der Waals surface area contributed by atoms with Gasteiger partial charge < -0.3 is 54.0 Å². The third-order valence-electron chi connectivity index (χ3n) is 11.9. The summed E-state index contributed by atoms with van der Waals surface area (Å²) < 4.78 is 33.1. The number of aliphatic hydroxyl groups is 4. The van der Waals surface area contributed by atoms with Crippen LogP contribution in [-0.4, -0.2) is 137 Å². The number of hydrogen-bond donors (Lipinski definition) is 5. The molecule has 1 heterocycles. The number of carbonyl (C=O) groups is 6. The summed E-state index contributed by atoms with van der Waals surface area (Å²) in [6.45, 7) is 1.35. The molecule has 3 aromatic carbocycles. The van der Waals surface area contributed by atoms with Gasteiger partial charge in [-0.3, -0.25) is 24.2 Å². The summed E-state index contributed by atoms with van der Waals surface area (Å²) in [6.07, 6.45) is -7.51. The van der Waals surface area contributed by atoms with Gasteiger partial charge in [-0.2, -0.15) is 0 Å². The Balaban J connectivity index is 1.37. The van der Waals surface area contributed by atoms with Crippen molar-refractivity contribution in [3.63, 3.8) is 0 Å². The number of carbonyl (C=O) groups excluding carboxylic acids is 6. The molecule has 8 atom stereocenters. The van der Waals surface area contributed by atoms with Crippen LogP contribution in [0.5, 0.6) is 11.5 Å². The first-order valence-corrected chi connectivity index (χ1v) is 19.2. The van der Waals surface area contributed by atoms with Gasteiger partial charge >= 0.3 is 11.9 Å². The van der Waals surface area contributed by atoms with E-state index in [-0.39, 0.29) is 23.3 Å². The van der Waals surface area contributed by atoms with Crippen LogP contribution in [0.4, 0.5) is 0 Å². The number of ether oxygens (including phenoxy) is 6. The number of aliphatic hydroxyl groups excluding tert-OH is 3. The highest BCUT2D eigenvalue weighted by atomic mass is 16.6. The number of rotatable bonds is 10. The van der Waals surface area contributed by atoms with Gasteiger partial charge in [-0.15, -0.1) is 0 Å². The molecule has 0 saturated carbocycles. The Morgan fingerprint density at radius 1 is 0.984 bits per heavy atom. The molecule has 0 unspecified atom stereocenters. The first-order chi connectivity index (χ1) is 29.0. The standard InChI is InChI=1S/C43H43NO17/c1-18-11-21-12-27(47)43(58-5)39(53)31-23(13-22-30(35(31)51)26(46)14-25(33(22)49)44-40-24(15-45)34(50)36(56-3)19(2)61-40)38(52)42(43,55)32(21)37(29(18)41(54)57-4)60-17-28(48)59-16-20-9-7-6-8-10-20/h6-11,13,19,24,27,34,36,40,45,47,50-51,55H,12,14-17H2,1-5H3/t19-,24+,27+,34-,36-,40-,42-,43+/m0/s1. The van der Waals surface area contributed by atoms with Gasteiger partial charge in [0.1, 0.15) is 29.8 Å². The van der Waals surface area contributed by atoms with E-state index in [1.165, 1.54) is 20.1 Å². The Kier molecular flexibility index (Phi) is 11.6. The molecule has 61 heavy (non-hydrogen) atoms. The predicted molar refractivity (Wildman–Crippen MR) is 207 cm³/mol. The summed E-state index contributed by atoms with van der Waals surface area (Å²) in [5.74, 6) is -9.45. The molecular weight excluding hydrogens is 802 g/mol. The predicted octanol–water partition coefficient (Wildman–Crippen LogP) is 1.12. The van der Waals surface area contributed by atoms with E-state index in [9.17, 15) is 49.5 Å². The lowest BCUT2D eigenvalue weighted by Gasteiger charge is -2.53. The van der Waals surface area contributed by atoms with Crippen LogP contribution in [0.3, 0.4) is 0 Å². The molecule has 3 aromatic rings. The van der Waals surface area contributed by atoms with Gasteiger partial charge in [-0.1, -0.05) is 36.4 Å². The molecule has 0 amide bonds. The lowest BCUT2D eigenvalue weighted by Crippen LogP contribution is -2.73. The number of aryl methyl sites for hydroxylation is 1. The molecule has 3 aliphatic carbocycles. The number of fused-ring (bicyclic) bond motifs is 5. The maximum atomic E-state index is 15.1. The maximum Gasteiger partial charge on any atom is 0.344 e. The van der Waals surface area contributed by atoms with Gasteiger partial charge in [-0.25, -0.2) is 9.59 Å². The Morgan fingerprint density at radius 3 is 2.33 bits per heavy atom. The molecule has 0 aromatic heterocycles. The van der Waals surface area contributed by atoms with Crippen molar-refractivity contribution in [1.29, 1.82) is 0 Å². The van der Waals surface area contributed by atoms with Crippen molar-refractivity contribution in [2.75, 3.05) is 34.5 Å². The summed E-state index contributed by atoms with van der Waals surface area (Å²) in [5.41, 5.74) is -9.69. The van der Waals surface area contributed by atoms with Crippen LogP contribution in [0.25, 0.3) is 0 Å². The molecule has 7 rings (SSSR count). The highest BCUT2D eigenvalue weighted by Gasteiger charge is 2.73. The topological polar surface area (TPSA) is 271 Å². The summed E-state index contributed by atoms with van der Waals surface area (Å²) >= 11 is 0. The quantitative estimate of drug-likeness (QED) is 0.179. The fraction of sp³-hybridized carbons (Fsp3) is 0.419. The minimum absolute atomic E-state index is 0.00835. The number of ketones is 4. The lowest BCUT2D eigenvalue weighted by molar-refractivity contribution is -0.206. The van der Waals surface area contributed by atoms with Crippen molar-refractivity contribution in [1.82, 2.24) is 0 Å². The second kappa shape index (κ2) is 16.3. The van der Waals surface area contributed by atoms with E-state index in [4.69, 9.17) is 28.4 Å². The second-order valence-corrected chi connectivity index (χ2v) is 15.2. The summed E-state index contributed by atoms with van der Waals surface area (Å²) in [4.78, 5) is 88.6. The van der Waals surface area contributed by atoms with E-state index in [2.05, 4.69) is 4.99 Å². The molecule has 0 bridgehead atoms. The van der Waals surface area contributed by atoms with Gasteiger partial charge in [0, 0.05) is 37.3 Å². The molecule has 1 fully saturated rings. The normalized spacial score (nSPS) is 28.7. The van der Waals surface area contributed by atoms with Crippen LogP contribution in [0.1, 0.15) is 87.4 Å². The molecular formula is C43H43NO17. The van der Waals surface area contributed by atoms with Crippen molar-refractivity contribution in [2.45, 2.75) is 75.1 Å². The Labute approximate surface area is 347 Å². The van der Waals surface area contributed by atoms with Crippen molar-refractivity contribution in [3.8, 4) is 11.5 Å². The zero-order valence-corrected chi connectivity index (χ0v) is 33.6. The number of nitrogens with zero attached hydrogens (tertiary/aromatic N) is 1. The Bertz CT molecular complexity index is 2390. The van der Waals surface area contributed by atoms with E-state index in [1.807, 2.05) is 0 Å². The lowest BCUT2D eigenvalue weighted by atomic mass is 9.56. The Morgan fingerprint density at radius 2 is 1.69 bits per heavy atom. The summed E-state index contributed by atoms with van der Waals surface area (Å²) in [5, 5.41) is 57.5. The molecule has 1 aliphatic heterocycles. The fourth-order valence-electron chi connectivity index (χ4n) is 8.97. The average Bonchev–Trinajstić information content (AvgIpc) is 3.23. The van der Waals surface area contributed by atoms with E-state index in [1.54, 1.807) is 37.3 Å². The van der Waals surface area contributed by atoms with Crippen LogP contribution < -0.4 is 4.74 Å². The van der Waals surface area contributed by atoms with Gasteiger partial charge in [0.25, 0.3) is 0 Å². The van der Waals surface area contributed by atoms with Gasteiger partial charge in [0.05, 0.1) is 61.2 Å². The maximum absolute atomic E-state index is 15.1. The number of phenols is 1. The highest BCUT2D eigenvalue weighted by molar-refractivity contribution is 6.53. The smallest absolute Gasteiger partial charge is 0.344 e. The Hall–Kier alpha value is -5.73. The molecule has 1 saturated heterocycles. The van der Waals surface area contributed by atoms with Gasteiger partial charge in [0.15, 0.2) is 29.8 Å². The van der Waals surface area contributed by atoms with Crippen LogP contribution in [-0.2, 0) is 47.1 Å². The van der Waals surface area contributed by atoms with Crippen LogP contribution in [0.2, 0.25) is 0 Å². The molecule has 18 heteroatoms. The molecule has 0 radical (unpaired) electrons. The third kappa shape index (κ3) is 6.57. The summed E-state index contributed by atoms with van der Waals surface area (Å²) in [7, 11) is 3.30. The number of esters is 2. The minimum atomic E-state index is -3.31. The molecule has 322 valence electrons. The first-order valence-electron chi connectivity index (χ1n) is 19.2. The molecule has 4 aliphatic rings. The number of Topliss-reactive ketones (excluding diaryl/α,β-unsaturated/α-hetero) is 4. The van der Waals surface area contributed by atoms with Crippen molar-refractivity contribution < 1.29 is 82.7 Å². The number of aliphatic imine (C=N–C) groups is 1. The number of hydrogen-bond acceptors (Lipinski definition) is 18. The van der Waals surface area contributed by atoms with E-state index >= 15 is 4.79 Å². The van der Waals surface area contributed by atoms with Crippen molar-refractivity contribution in [3.05, 3.63) is 92.5 Å². The van der Waals surface area contributed by atoms with Crippen LogP contribution in [0.15, 0.2) is 47.5 Å². The summed E-state index contributed by atoms with van der Waals surface area (Å²) in [6, 6.07) is 10.8. The van der Waals surface area contributed by atoms with E-state index in [0.29, 0.717) is 5.56 Å². The molecule has 18 nitrogen and oxygen atoms in total. The SMILES string of the molecule is COC(=O)c1c(C)cc2c(c1OCC(=O)OCc1ccccc1)[C@]1(O)C(=O)c3cc4c(c(O)c3C(=O)[C@]1(OC)[C@H](O)C2)C(=O)CC(=N[C@H]1O[C@@H](C)[C@H](OC)[C@@H](O)[C@H]1CO)C4=O. The van der Waals surface area contributed by atoms with Crippen LogP contribution >= 0.6 is 0 Å². The van der Waals surface area contributed by atoms with E-state index < -0.39 is 154 Å². The number of aromatic hydroxyl groups is 1. The van der Waals surface area contributed by atoms with Crippen molar-refractivity contribution in [2.24, 2.45) is 10.9 Å². The van der Waals surface area contributed by atoms with Crippen molar-refractivity contribution >= 4 is 40.8 Å². The zero-order valence-electron chi connectivity index (χ0n) is 33.6.